The van der Waals surface area contributed by atoms with Crippen LogP contribution in [0.2, 0.25) is 0 Å². The predicted octanol–water partition coefficient (Wildman–Crippen LogP) is 1.83. The number of halogens is 1. The molecule has 1 unspecified atom stereocenters. The van der Waals surface area contributed by atoms with Crippen molar-refractivity contribution in [3.63, 3.8) is 0 Å². The summed E-state index contributed by atoms with van der Waals surface area (Å²) in [6.45, 7) is 6.22. The van der Waals surface area contributed by atoms with Crippen LogP contribution in [-0.2, 0) is 4.79 Å². The van der Waals surface area contributed by atoms with E-state index in [0.29, 0.717) is 12.2 Å². The van der Waals surface area contributed by atoms with E-state index in [9.17, 15) is 9.18 Å². The molecule has 2 heterocycles. The van der Waals surface area contributed by atoms with Gasteiger partial charge in [0.2, 0.25) is 5.91 Å². The van der Waals surface area contributed by atoms with E-state index in [-0.39, 0.29) is 17.8 Å². The molecule has 1 fully saturated rings. The first-order valence-electron chi connectivity index (χ1n) is 9.02. The fraction of sp³-hybridized carbons (Fsp3) is 0.474. The standard InChI is InChI=1S/C19H26FN5O/c1-15(22-19(26)14-24-9-5-8-23(2)10-11-24)16-12-21-25(13-16)18-7-4-3-6-17(18)20/h3-4,6-7,12-13,15H,5,8-11,14H2,1-2H3,(H,22,26). The van der Waals surface area contributed by atoms with Crippen LogP contribution in [0.25, 0.3) is 5.69 Å². The number of nitrogens with one attached hydrogen (secondary N) is 1. The minimum Gasteiger partial charge on any atom is -0.348 e. The van der Waals surface area contributed by atoms with Crippen molar-refractivity contribution in [2.24, 2.45) is 0 Å². The molecular weight excluding hydrogens is 333 g/mol. The highest BCUT2D eigenvalue weighted by Crippen LogP contribution is 2.16. The molecule has 0 aliphatic carbocycles. The van der Waals surface area contributed by atoms with E-state index < -0.39 is 0 Å². The number of aromatic nitrogens is 2. The number of para-hydroxylation sites is 1. The van der Waals surface area contributed by atoms with E-state index in [0.717, 1.165) is 38.2 Å². The third-order valence-electron chi connectivity index (χ3n) is 4.76. The van der Waals surface area contributed by atoms with Gasteiger partial charge >= 0.3 is 0 Å². The van der Waals surface area contributed by atoms with Gasteiger partial charge < -0.3 is 10.2 Å². The lowest BCUT2D eigenvalue weighted by Crippen LogP contribution is -2.39. The van der Waals surface area contributed by atoms with Crippen molar-refractivity contribution in [3.8, 4) is 5.69 Å². The van der Waals surface area contributed by atoms with Crippen LogP contribution in [-0.4, -0.2) is 65.3 Å². The highest BCUT2D eigenvalue weighted by molar-refractivity contribution is 5.78. The van der Waals surface area contributed by atoms with Crippen molar-refractivity contribution in [3.05, 3.63) is 48.0 Å². The van der Waals surface area contributed by atoms with E-state index >= 15 is 0 Å². The second-order valence-corrected chi connectivity index (χ2v) is 6.89. The number of likely N-dealkylation sites (N-methyl/N-ethyl adjacent to an activating group) is 1. The Balaban J connectivity index is 1.57. The molecule has 140 valence electrons. The Bertz CT molecular complexity index is 747. The molecule has 0 spiro atoms. The molecule has 26 heavy (non-hydrogen) atoms. The minimum absolute atomic E-state index is 0.000643. The van der Waals surface area contributed by atoms with Crippen LogP contribution in [0.4, 0.5) is 4.39 Å². The Morgan fingerprint density at radius 1 is 1.27 bits per heavy atom. The largest absolute Gasteiger partial charge is 0.348 e. The monoisotopic (exact) mass is 359 g/mol. The zero-order valence-electron chi connectivity index (χ0n) is 15.4. The SMILES string of the molecule is CC(NC(=O)CN1CCCN(C)CC1)c1cnn(-c2ccccc2F)c1. The molecule has 1 saturated heterocycles. The van der Waals surface area contributed by atoms with E-state index in [2.05, 4.69) is 27.3 Å². The molecule has 1 atom stereocenters. The second-order valence-electron chi connectivity index (χ2n) is 6.89. The minimum atomic E-state index is -0.329. The Kier molecular flexibility index (Phi) is 6.00. The Hall–Kier alpha value is -2.25. The zero-order valence-corrected chi connectivity index (χ0v) is 15.4. The van der Waals surface area contributed by atoms with Gasteiger partial charge in [0.1, 0.15) is 11.5 Å². The van der Waals surface area contributed by atoms with Crippen molar-refractivity contribution in [2.45, 2.75) is 19.4 Å². The topological polar surface area (TPSA) is 53.4 Å². The maximum Gasteiger partial charge on any atom is 0.234 e. The molecule has 7 heteroatoms. The summed E-state index contributed by atoms with van der Waals surface area (Å²) in [6.07, 6.45) is 4.50. The average Bonchev–Trinajstić information content (AvgIpc) is 3.01. The molecule has 1 N–H and O–H groups in total. The Morgan fingerprint density at radius 2 is 2.08 bits per heavy atom. The second kappa shape index (κ2) is 8.42. The predicted molar refractivity (Wildman–Crippen MR) is 98.6 cm³/mol. The van der Waals surface area contributed by atoms with Crippen molar-refractivity contribution in [1.29, 1.82) is 0 Å². The van der Waals surface area contributed by atoms with Crippen molar-refractivity contribution in [1.82, 2.24) is 24.9 Å². The van der Waals surface area contributed by atoms with Gasteiger partial charge in [-0.2, -0.15) is 5.10 Å². The first kappa shape index (κ1) is 18.5. The summed E-state index contributed by atoms with van der Waals surface area (Å²) < 4.78 is 15.4. The lowest BCUT2D eigenvalue weighted by Gasteiger charge is -2.21. The number of rotatable bonds is 5. The first-order chi connectivity index (χ1) is 12.5. The summed E-state index contributed by atoms with van der Waals surface area (Å²) >= 11 is 0. The maximum atomic E-state index is 13.9. The van der Waals surface area contributed by atoms with Gasteiger partial charge in [-0.3, -0.25) is 9.69 Å². The maximum absolute atomic E-state index is 13.9. The quantitative estimate of drug-likeness (QED) is 0.885. The van der Waals surface area contributed by atoms with Gasteiger partial charge in [0.25, 0.3) is 0 Å². The molecule has 1 amide bonds. The lowest BCUT2D eigenvalue weighted by atomic mass is 10.2. The molecule has 1 aliphatic rings. The molecule has 1 aliphatic heterocycles. The van der Waals surface area contributed by atoms with Gasteiger partial charge in [0.15, 0.2) is 0 Å². The van der Waals surface area contributed by atoms with Crippen LogP contribution < -0.4 is 5.32 Å². The molecule has 2 aromatic rings. The van der Waals surface area contributed by atoms with Gasteiger partial charge in [0, 0.05) is 24.8 Å². The molecule has 3 rings (SSSR count). The fourth-order valence-electron chi connectivity index (χ4n) is 3.16. The van der Waals surface area contributed by atoms with E-state index in [4.69, 9.17) is 0 Å². The third-order valence-corrected chi connectivity index (χ3v) is 4.76. The number of carbonyl (C=O) groups excluding carboxylic acids is 1. The number of hydrogen-bond donors (Lipinski definition) is 1. The highest BCUT2D eigenvalue weighted by Gasteiger charge is 2.17. The van der Waals surface area contributed by atoms with E-state index in [1.807, 2.05) is 6.92 Å². The van der Waals surface area contributed by atoms with Gasteiger partial charge in [-0.25, -0.2) is 9.07 Å². The first-order valence-corrected chi connectivity index (χ1v) is 9.02. The molecule has 6 nitrogen and oxygen atoms in total. The summed E-state index contributed by atoms with van der Waals surface area (Å²) in [5, 5.41) is 7.23. The van der Waals surface area contributed by atoms with Gasteiger partial charge in [-0.15, -0.1) is 0 Å². The number of carbonyl (C=O) groups is 1. The van der Waals surface area contributed by atoms with Crippen molar-refractivity contribution < 1.29 is 9.18 Å². The molecular formula is C19H26FN5O. The van der Waals surface area contributed by atoms with Crippen LogP contribution in [0.5, 0.6) is 0 Å². The summed E-state index contributed by atoms with van der Waals surface area (Å²) in [7, 11) is 2.11. The molecule has 1 aromatic heterocycles. The van der Waals surface area contributed by atoms with E-state index in [1.54, 1.807) is 30.6 Å². The summed E-state index contributed by atoms with van der Waals surface area (Å²) in [6, 6.07) is 6.31. The Morgan fingerprint density at radius 3 is 2.88 bits per heavy atom. The van der Waals surface area contributed by atoms with Crippen LogP contribution in [0, 0.1) is 5.82 Å². The van der Waals surface area contributed by atoms with Gasteiger partial charge in [-0.1, -0.05) is 12.1 Å². The number of benzene rings is 1. The van der Waals surface area contributed by atoms with Gasteiger partial charge in [-0.05, 0) is 45.6 Å². The summed E-state index contributed by atoms with van der Waals surface area (Å²) in [4.78, 5) is 16.8. The van der Waals surface area contributed by atoms with E-state index in [1.165, 1.54) is 10.7 Å². The van der Waals surface area contributed by atoms with Crippen LogP contribution in [0.3, 0.4) is 0 Å². The normalized spacial score (nSPS) is 17.7. The number of hydrogen-bond acceptors (Lipinski definition) is 4. The number of amides is 1. The zero-order chi connectivity index (χ0) is 18.5. The fourth-order valence-corrected chi connectivity index (χ4v) is 3.16. The number of nitrogens with zero attached hydrogens (tertiary/aromatic N) is 4. The lowest BCUT2D eigenvalue weighted by molar-refractivity contribution is -0.122. The smallest absolute Gasteiger partial charge is 0.234 e. The third kappa shape index (κ3) is 4.68. The van der Waals surface area contributed by atoms with Crippen LogP contribution in [0.15, 0.2) is 36.7 Å². The molecule has 0 saturated carbocycles. The van der Waals surface area contributed by atoms with Crippen LogP contribution >= 0.6 is 0 Å². The highest BCUT2D eigenvalue weighted by atomic mass is 19.1. The molecule has 0 bridgehead atoms. The van der Waals surface area contributed by atoms with Crippen molar-refractivity contribution >= 4 is 5.91 Å². The summed E-state index contributed by atoms with van der Waals surface area (Å²) in [5.41, 5.74) is 1.24. The average molecular weight is 359 g/mol. The summed E-state index contributed by atoms with van der Waals surface area (Å²) in [5.74, 6) is -0.328. The Labute approximate surface area is 153 Å². The van der Waals surface area contributed by atoms with Gasteiger partial charge in [0.05, 0.1) is 18.8 Å². The van der Waals surface area contributed by atoms with Crippen LogP contribution in [0.1, 0.15) is 24.9 Å². The molecule has 0 radical (unpaired) electrons. The van der Waals surface area contributed by atoms with Crippen molar-refractivity contribution in [2.75, 3.05) is 39.8 Å². The molecule has 1 aromatic carbocycles.